The lowest BCUT2D eigenvalue weighted by Gasteiger charge is -2.28. The Hall–Kier alpha value is -1.81. The van der Waals surface area contributed by atoms with Gasteiger partial charge in [-0.05, 0) is 39.1 Å². The summed E-state index contributed by atoms with van der Waals surface area (Å²) < 4.78 is 64.5. The Morgan fingerprint density at radius 3 is 2.21 bits per heavy atom. The Bertz CT molecular complexity index is 716. The van der Waals surface area contributed by atoms with Crippen LogP contribution in [-0.2, 0) is 10.0 Å². The summed E-state index contributed by atoms with van der Waals surface area (Å²) in [5, 5.41) is 4.91. The van der Waals surface area contributed by atoms with E-state index in [2.05, 4.69) is 15.4 Å². The van der Waals surface area contributed by atoms with E-state index in [1.165, 1.54) is 26.2 Å². The fraction of sp³-hybridized carbons (Fsp3) is 0.500. The first-order chi connectivity index (χ1) is 10.9. The summed E-state index contributed by atoms with van der Waals surface area (Å²) in [7, 11) is -1.23. The molecule has 136 valence electrons. The van der Waals surface area contributed by atoms with Crippen molar-refractivity contribution in [3.8, 4) is 0 Å². The molecule has 0 heterocycles. The van der Waals surface area contributed by atoms with Gasteiger partial charge in [0.05, 0.1) is 15.9 Å². The van der Waals surface area contributed by atoms with Crippen LogP contribution in [0.25, 0.3) is 0 Å². The van der Waals surface area contributed by atoms with Gasteiger partial charge in [-0.1, -0.05) is 0 Å². The van der Waals surface area contributed by atoms with Gasteiger partial charge >= 0.3 is 6.18 Å². The number of anilines is 1. The first-order valence-electron chi connectivity index (χ1n) is 6.96. The SMILES string of the molecule is CNC(=O)c1cc(S(=O)(=O)NC)ccc1NCC(C)(C)C(F)(F)F. The Labute approximate surface area is 138 Å². The van der Waals surface area contributed by atoms with Gasteiger partial charge in [0, 0.05) is 19.3 Å². The molecule has 0 spiro atoms. The van der Waals surface area contributed by atoms with Crippen molar-refractivity contribution in [1.29, 1.82) is 0 Å². The molecule has 24 heavy (non-hydrogen) atoms. The number of rotatable bonds is 6. The van der Waals surface area contributed by atoms with Crippen molar-refractivity contribution >= 4 is 21.6 Å². The minimum absolute atomic E-state index is 0.0631. The van der Waals surface area contributed by atoms with Crippen molar-refractivity contribution in [3.63, 3.8) is 0 Å². The van der Waals surface area contributed by atoms with Crippen LogP contribution in [0.1, 0.15) is 24.2 Å². The summed E-state index contributed by atoms with van der Waals surface area (Å²) in [6.07, 6.45) is -4.43. The van der Waals surface area contributed by atoms with Crippen LogP contribution in [-0.4, -0.2) is 41.1 Å². The van der Waals surface area contributed by atoms with E-state index in [-0.39, 0.29) is 16.1 Å². The van der Waals surface area contributed by atoms with Crippen molar-refractivity contribution in [1.82, 2.24) is 10.0 Å². The number of amides is 1. The van der Waals surface area contributed by atoms with Crippen molar-refractivity contribution in [2.24, 2.45) is 5.41 Å². The topological polar surface area (TPSA) is 87.3 Å². The number of halogens is 3. The Morgan fingerprint density at radius 1 is 1.17 bits per heavy atom. The molecule has 1 rings (SSSR count). The molecule has 0 bridgehead atoms. The van der Waals surface area contributed by atoms with E-state index in [0.717, 1.165) is 19.9 Å². The number of sulfonamides is 1. The summed E-state index contributed by atoms with van der Waals surface area (Å²) in [6.45, 7) is 1.58. The smallest absolute Gasteiger partial charge is 0.384 e. The van der Waals surface area contributed by atoms with Gasteiger partial charge in [0.15, 0.2) is 0 Å². The van der Waals surface area contributed by atoms with Crippen LogP contribution in [0.3, 0.4) is 0 Å². The Balaban J connectivity index is 3.23. The molecular weight excluding hydrogens is 347 g/mol. The minimum Gasteiger partial charge on any atom is -0.384 e. The Kier molecular flexibility index (Phi) is 5.88. The van der Waals surface area contributed by atoms with Crippen LogP contribution >= 0.6 is 0 Å². The third kappa shape index (κ3) is 4.38. The van der Waals surface area contributed by atoms with E-state index in [1.807, 2.05) is 0 Å². The number of hydrogen-bond acceptors (Lipinski definition) is 4. The summed E-state index contributed by atoms with van der Waals surface area (Å²) in [5.74, 6) is -0.615. The van der Waals surface area contributed by atoms with Crippen LogP contribution in [0.2, 0.25) is 0 Å². The van der Waals surface area contributed by atoms with Gasteiger partial charge in [-0.15, -0.1) is 0 Å². The maximum Gasteiger partial charge on any atom is 0.395 e. The van der Waals surface area contributed by atoms with E-state index < -0.39 is 34.1 Å². The zero-order valence-electron chi connectivity index (χ0n) is 13.7. The summed E-state index contributed by atoms with van der Waals surface area (Å²) in [5.41, 5.74) is -1.98. The molecule has 10 heteroatoms. The van der Waals surface area contributed by atoms with E-state index >= 15 is 0 Å². The molecule has 0 aromatic heterocycles. The standard InChI is InChI=1S/C14H20F3N3O3S/c1-13(2,14(15,16)17)8-20-11-6-5-9(24(22,23)19-4)7-10(11)12(21)18-3/h5-7,19-20H,8H2,1-4H3,(H,18,21). The molecule has 0 aliphatic heterocycles. The highest BCUT2D eigenvalue weighted by molar-refractivity contribution is 7.89. The third-order valence-electron chi connectivity index (χ3n) is 3.53. The fourth-order valence-electron chi connectivity index (χ4n) is 1.70. The highest BCUT2D eigenvalue weighted by Crippen LogP contribution is 2.37. The van der Waals surface area contributed by atoms with E-state index in [9.17, 15) is 26.4 Å². The van der Waals surface area contributed by atoms with Gasteiger partial charge in [0.2, 0.25) is 10.0 Å². The van der Waals surface area contributed by atoms with Gasteiger partial charge < -0.3 is 10.6 Å². The van der Waals surface area contributed by atoms with Crippen LogP contribution in [0.4, 0.5) is 18.9 Å². The molecule has 1 aromatic carbocycles. The number of carbonyl (C=O) groups excluding carboxylic acids is 1. The Morgan fingerprint density at radius 2 is 1.75 bits per heavy atom. The lowest BCUT2D eigenvalue weighted by Crippen LogP contribution is -2.38. The molecule has 0 fully saturated rings. The fourth-order valence-corrected chi connectivity index (χ4v) is 2.46. The average molecular weight is 367 g/mol. The monoisotopic (exact) mass is 367 g/mol. The number of benzene rings is 1. The lowest BCUT2D eigenvalue weighted by molar-refractivity contribution is -0.206. The van der Waals surface area contributed by atoms with Crippen LogP contribution in [0.15, 0.2) is 23.1 Å². The molecule has 1 aromatic rings. The molecule has 0 aliphatic rings. The maximum atomic E-state index is 12.9. The summed E-state index contributed by atoms with van der Waals surface area (Å²) in [6, 6.07) is 3.58. The predicted molar refractivity (Wildman–Crippen MR) is 84.4 cm³/mol. The molecule has 0 saturated heterocycles. The second-order valence-corrected chi connectivity index (χ2v) is 7.62. The summed E-state index contributed by atoms with van der Waals surface area (Å²) in [4.78, 5) is 11.8. The van der Waals surface area contributed by atoms with Gasteiger partial charge in [-0.25, -0.2) is 13.1 Å². The second-order valence-electron chi connectivity index (χ2n) is 5.73. The van der Waals surface area contributed by atoms with Gasteiger partial charge in [-0.3, -0.25) is 4.79 Å². The van der Waals surface area contributed by atoms with Gasteiger partial charge in [0.1, 0.15) is 0 Å². The highest BCUT2D eigenvalue weighted by Gasteiger charge is 2.47. The number of nitrogens with one attached hydrogen (secondary N) is 3. The van der Waals surface area contributed by atoms with E-state index in [4.69, 9.17) is 0 Å². The minimum atomic E-state index is -4.43. The zero-order valence-corrected chi connectivity index (χ0v) is 14.5. The molecule has 3 N–H and O–H groups in total. The molecule has 0 radical (unpaired) electrons. The van der Waals surface area contributed by atoms with Gasteiger partial charge in [0.25, 0.3) is 5.91 Å². The predicted octanol–water partition coefficient (Wildman–Crippen LogP) is 1.95. The summed E-state index contributed by atoms with van der Waals surface area (Å²) >= 11 is 0. The second kappa shape index (κ2) is 6.98. The van der Waals surface area contributed by atoms with Crippen LogP contribution in [0, 0.1) is 5.41 Å². The van der Waals surface area contributed by atoms with Crippen molar-refractivity contribution in [3.05, 3.63) is 23.8 Å². The molecule has 6 nitrogen and oxygen atoms in total. The lowest BCUT2D eigenvalue weighted by atomic mass is 9.92. The van der Waals surface area contributed by atoms with Crippen molar-refractivity contribution < 1.29 is 26.4 Å². The maximum absolute atomic E-state index is 12.9. The number of carbonyl (C=O) groups is 1. The largest absolute Gasteiger partial charge is 0.395 e. The highest BCUT2D eigenvalue weighted by atomic mass is 32.2. The third-order valence-corrected chi connectivity index (χ3v) is 4.94. The van der Waals surface area contributed by atoms with E-state index in [1.54, 1.807) is 0 Å². The quantitative estimate of drug-likeness (QED) is 0.717. The molecule has 0 saturated carbocycles. The van der Waals surface area contributed by atoms with Crippen molar-refractivity contribution in [2.45, 2.75) is 24.9 Å². The van der Waals surface area contributed by atoms with Crippen molar-refractivity contribution in [2.75, 3.05) is 26.0 Å². The molecule has 0 unspecified atom stereocenters. The zero-order chi connectivity index (χ0) is 18.8. The molecule has 1 amide bonds. The van der Waals surface area contributed by atoms with Gasteiger partial charge in [-0.2, -0.15) is 13.2 Å². The van der Waals surface area contributed by atoms with Crippen LogP contribution in [0.5, 0.6) is 0 Å². The van der Waals surface area contributed by atoms with E-state index in [0.29, 0.717) is 0 Å². The first-order valence-corrected chi connectivity index (χ1v) is 8.44. The molecule has 0 aliphatic carbocycles. The molecule has 0 atom stereocenters. The van der Waals surface area contributed by atoms with Crippen LogP contribution < -0.4 is 15.4 Å². The number of alkyl halides is 3. The average Bonchev–Trinajstić information content (AvgIpc) is 2.50. The molecular formula is C14H20F3N3O3S. The normalized spacial score (nSPS) is 12.8. The number of hydrogen-bond donors (Lipinski definition) is 3. The first kappa shape index (κ1) is 20.2.